The molecule has 0 aliphatic carbocycles. The predicted molar refractivity (Wildman–Crippen MR) is 95.6 cm³/mol. The molecular formula is C18H24N4O2. The van der Waals surface area contributed by atoms with Crippen molar-refractivity contribution in [1.82, 2.24) is 10.3 Å². The van der Waals surface area contributed by atoms with Gasteiger partial charge in [0, 0.05) is 12.5 Å². The van der Waals surface area contributed by atoms with Gasteiger partial charge in [-0.05, 0) is 44.0 Å². The number of hydrogen-bond donors (Lipinski definition) is 3. The van der Waals surface area contributed by atoms with Crippen LogP contribution >= 0.6 is 0 Å². The summed E-state index contributed by atoms with van der Waals surface area (Å²) in [4.78, 5) is 16.0. The third-order valence-electron chi connectivity index (χ3n) is 3.34. The third-order valence-corrected chi connectivity index (χ3v) is 3.34. The van der Waals surface area contributed by atoms with Gasteiger partial charge in [0.05, 0.1) is 0 Å². The first-order valence-electron chi connectivity index (χ1n) is 7.79. The lowest BCUT2D eigenvalue weighted by atomic mass is 9.91. The van der Waals surface area contributed by atoms with Crippen LogP contribution in [0.2, 0.25) is 0 Å². The number of nitrogen functional groups attached to an aromatic ring is 2. The van der Waals surface area contributed by atoms with Gasteiger partial charge in [-0.2, -0.15) is 0 Å². The summed E-state index contributed by atoms with van der Waals surface area (Å²) in [5.41, 5.74) is 13.0. The molecule has 6 nitrogen and oxygen atoms in total. The fourth-order valence-corrected chi connectivity index (χ4v) is 2.41. The van der Waals surface area contributed by atoms with Crippen LogP contribution in [0.3, 0.4) is 0 Å². The maximum Gasteiger partial charge on any atom is 0.407 e. The van der Waals surface area contributed by atoms with Crippen LogP contribution < -0.4 is 16.8 Å². The molecule has 1 aromatic heterocycles. The Morgan fingerprint density at radius 2 is 1.71 bits per heavy atom. The van der Waals surface area contributed by atoms with Gasteiger partial charge in [-0.25, -0.2) is 9.78 Å². The number of nitrogens with one attached hydrogen (secondary N) is 1. The molecule has 1 atom stereocenters. The zero-order valence-corrected chi connectivity index (χ0v) is 14.2. The van der Waals surface area contributed by atoms with Gasteiger partial charge in [-0.15, -0.1) is 0 Å². The highest BCUT2D eigenvalue weighted by Crippen LogP contribution is 2.26. The Kier molecular flexibility index (Phi) is 5.28. The van der Waals surface area contributed by atoms with E-state index < -0.39 is 11.7 Å². The first-order chi connectivity index (χ1) is 11.2. The third kappa shape index (κ3) is 5.15. The van der Waals surface area contributed by atoms with E-state index in [1.54, 1.807) is 12.1 Å². The van der Waals surface area contributed by atoms with Gasteiger partial charge in [0.1, 0.15) is 17.2 Å². The minimum atomic E-state index is -0.544. The number of nitrogens with two attached hydrogens (primary N) is 2. The molecule has 0 saturated heterocycles. The Morgan fingerprint density at radius 1 is 1.12 bits per heavy atom. The fraction of sp³-hybridized carbons (Fsp3) is 0.333. The fourth-order valence-electron chi connectivity index (χ4n) is 2.41. The lowest BCUT2D eigenvalue weighted by molar-refractivity contribution is 0.0526. The van der Waals surface area contributed by atoms with Gasteiger partial charge in [-0.1, -0.05) is 30.3 Å². The normalized spacial score (nSPS) is 12.5. The van der Waals surface area contributed by atoms with Crippen molar-refractivity contribution >= 4 is 17.7 Å². The molecular weight excluding hydrogens is 304 g/mol. The van der Waals surface area contributed by atoms with Gasteiger partial charge in [0.15, 0.2) is 0 Å². The molecule has 0 radical (unpaired) electrons. The van der Waals surface area contributed by atoms with E-state index in [1.807, 2.05) is 51.1 Å². The van der Waals surface area contributed by atoms with Gasteiger partial charge in [0.25, 0.3) is 0 Å². The summed E-state index contributed by atoms with van der Waals surface area (Å²) in [7, 11) is 0. The molecule has 0 saturated carbocycles. The molecule has 2 aromatic rings. The van der Waals surface area contributed by atoms with Crippen LogP contribution in [-0.2, 0) is 4.74 Å². The molecule has 24 heavy (non-hydrogen) atoms. The van der Waals surface area contributed by atoms with E-state index in [0.29, 0.717) is 18.2 Å². The number of rotatable bonds is 4. The Labute approximate surface area is 142 Å². The van der Waals surface area contributed by atoms with Crippen molar-refractivity contribution in [3.05, 3.63) is 53.6 Å². The maximum atomic E-state index is 12.0. The lowest BCUT2D eigenvalue weighted by Gasteiger charge is -2.23. The highest BCUT2D eigenvalue weighted by atomic mass is 16.6. The van der Waals surface area contributed by atoms with Crippen LogP contribution in [0.25, 0.3) is 0 Å². The number of hydrogen-bond acceptors (Lipinski definition) is 5. The van der Waals surface area contributed by atoms with Crippen LogP contribution in [0.1, 0.15) is 37.8 Å². The topological polar surface area (TPSA) is 103 Å². The summed E-state index contributed by atoms with van der Waals surface area (Å²) < 4.78 is 5.30. The average molecular weight is 328 g/mol. The Bertz CT molecular complexity index is 676. The van der Waals surface area contributed by atoms with Crippen molar-refractivity contribution in [1.29, 1.82) is 0 Å². The quantitative estimate of drug-likeness (QED) is 0.800. The molecule has 0 fully saturated rings. The molecule has 1 amide bonds. The van der Waals surface area contributed by atoms with Crippen molar-refractivity contribution in [2.75, 3.05) is 18.0 Å². The van der Waals surface area contributed by atoms with Crippen molar-refractivity contribution in [2.45, 2.75) is 32.3 Å². The molecule has 1 aromatic carbocycles. The Balaban J connectivity index is 2.23. The van der Waals surface area contributed by atoms with Crippen molar-refractivity contribution in [2.24, 2.45) is 0 Å². The minimum Gasteiger partial charge on any atom is -0.444 e. The smallest absolute Gasteiger partial charge is 0.407 e. The molecule has 1 heterocycles. The summed E-state index contributed by atoms with van der Waals surface area (Å²) in [6, 6.07) is 13.4. The highest BCUT2D eigenvalue weighted by molar-refractivity contribution is 5.68. The van der Waals surface area contributed by atoms with Gasteiger partial charge in [0.2, 0.25) is 0 Å². The Morgan fingerprint density at radius 3 is 2.25 bits per heavy atom. The summed E-state index contributed by atoms with van der Waals surface area (Å²) >= 11 is 0. The molecule has 1 unspecified atom stereocenters. The van der Waals surface area contributed by atoms with Gasteiger partial charge < -0.3 is 21.5 Å². The van der Waals surface area contributed by atoms with E-state index >= 15 is 0 Å². The first kappa shape index (κ1) is 17.6. The predicted octanol–water partition coefficient (Wildman–Crippen LogP) is 2.90. The second-order valence-electron chi connectivity index (χ2n) is 6.60. The van der Waals surface area contributed by atoms with Crippen LogP contribution in [0.4, 0.5) is 16.4 Å². The number of alkyl carbamates (subject to hydrolysis) is 1. The SMILES string of the molecule is CC(C)(C)OC(=O)NCC(c1ccccc1)c1cc(N)nc(N)c1. The number of amides is 1. The largest absolute Gasteiger partial charge is 0.444 e. The molecule has 6 heteroatoms. The van der Waals surface area contributed by atoms with Crippen LogP contribution in [-0.4, -0.2) is 23.2 Å². The number of benzene rings is 1. The van der Waals surface area contributed by atoms with E-state index in [2.05, 4.69) is 10.3 Å². The number of anilines is 2. The van der Waals surface area contributed by atoms with E-state index in [-0.39, 0.29) is 5.92 Å². The molecule has 0 bridgehead atoms. The number of nitrogens with zero attached hydrogens (tertiary/aromatic N) is 1. The standard InChI is InChI=1S/C18H24N4O2/c1-18(2,3)24-17(23)21-11-14(12-7-5-4-6-8-12)13-9-15(19)22-16(20)10-13/h4-10,14H,11H2,1-3H3,(H,21,23)(H4,19,20,22). The summed E-state index contributed by atoms with van der Waals surface area (Å²) in [6.07, 6.45) is -0.460. The molecule has 0 aliphatic rings. The number of carbonyl (C=O) groups excluding carboxylic acids is 1. The van der Waals surface area contributed by atoms with Gasteiger partial charge >= 0.3 is 6.09 Å². The maximum absolute atomic E-state index is 12.0. The van der Waals surface area contributed by atoms with E-state index in [9.17, 15) is 4.79 Å². The lowest BCUT2D eigenvalue weighted by Crippen LogP contribution is -2.35. The molecule has 5 N–H and O–H groups in total. The van der Waals surface area contributed by atoms with Gasteiger partial charge in [-0.3, -0.25) is 0 Å². The van der Waals surface area contributed by atoms with Crippen LogP contribution in [0.5, 0.6) is 0 Å². The summed E-state index contributed by atoms with van der Waals surface area (Å²) in [5, 5.41) is 2.81. The molecule has 0 aliphatic heterocycles. The second-order valence-corrected chi connectivity index (χ2v) is 6.60. The Hall–Kier alpha value is -2.76. The van der Waals surface area contributed by atoms with Crippen LogP contribution in [0.15, 0.2) is 42.5 Å². The first-order valence-corrected chi connectivity index (χ1v) is 7.79. The van der Waals surface area contributed by atoms with E-state index in [4.69, 9.17) is 16.2 Å². The van der Waals surface area contributed by atoms with Crippen molar-refractivity contribution < 1.29 is 9.53 Å². The summed E-state index contributed by atoms with van der Waals surface area (Å²) in [6.45, 7) is 5.84. The monoisotopic (exact) mass is 328 g/mol. The number of ether oxygens (including phenoxy) is 1. The number of pyridine rings is 1. The van der Waals surface area contributed by atoms with E-state index in [0.717, 1.165) is 11.1 Å². The zero-order chi connectivity index (χ0) is 17.7. The average Bonchev–Trinajstić information content (AvgIpc) is 2.45. The van der Waals surface area contributed by atoms with Crippen LogP contribution in [0, 0.1) is 0 Å². The number of aromatic nitrogens is 1. The molecule has 2 rings (SSSR count). The second kappa shape index (κ2) is 7.21. The van der Waals surface area contributed by atoms with Crippen molar-refractivity contribution in [3.8, 4) is 0 Å². The minimum absolute atomic E-state index is 0.105. The molecule has 0 spiro atoms. The zero-order valence-electron chi connectivity index (χ0n) is 14.2. The summed E-state index contributed by atoms with van der Waals surface area (Å²) in [5.74, 6) is 0.595. The van der Waals surface area contributed by atoms with E-state index in [1.165, 1.54) is 0 Å². The number of carbonyl (C=O) groups is 1. The highest BCUT2D eigenvalue weighted by Gasteiger charge is 2.20. The molecule has 128 valence electrons. The van der Waals surface area contributed by atoms with Crippen molar-refractivity contribution in [3.63, 3.8) is 0 Å².